The molecule has 2 aromatic carbocycles. The van der Waals surface area contributed by atoms with Crippen molar-refractivity contribution in [3.8, 4) is 17.2 Å². The molecule has 0 radical (unpaired) electrons. The average molecular weight is 365 g/mol. The van der Waals surface area contributed by atoms with Gasteiger partial charge in [-0.1, -0.05) is 18.2 Å². The summed E-state index contributed by atoms with van der Waals surface area (Å²) in [6, 6.07) is 12.7. The number of ether oxygens (including phenoxy) is 3. The lowest BCUT2D eigenvalue weighted by Crippen LogP contribution is -1.95. The number of allylic oxidation sites excluding steroid dienone is 1. The Labute approximate surface area is 154 Å². The van der Waals surface area contributed by atoms with E-state index in [1.165, 1.54) is 0 Å². The fourth-order valence-electron chi connectivity index (χ4n) is 2.46. The van der Waals surface area contributed by atoms with Crippen molar-refractivity contribution in [2.24, 2.45) is 0 Å². The Bertz CT molecular complexity index is 933. The first-order valence-corrected chi connectivity index (χ1v) is 8.94. The van der Waals surface area contributed by atoms with Crippen LogP contribution in [0.4, 0.5) is 0 Å². The molecule has 6 heteroatoms. The van der Waals surface area contributed by atoms with Crippen LogP contribution in [0.3, 0.4) is 0 Å². The molecule has 130 valence electrons. The standard InChI is InChI=1S/C20H15NO4S/c22-18(15-4-8-19-20(9-15)25-13-24-19)7-3-14-1-5-17(6-2-14)23-10-16-11-26-12-21-16/h1-9,11-12H,10,13H2/b7-3+. The van der Waals surface area contributed by atoms with E-state index in [0.29, 0.717) is 23.7 Å². The van der Waals surface area contributed by atoms with Crippen molar-refractivity contribution < 1.29 is 19.0 Å². The van der Waals surface area contributed by atoms with Crippen molar-refractivity contribution >= 4 is 23.2 Å². The van der Waals surface area contributed by atoms with Crippen LogP contribution < -0.4 is 14.2 Å². The maximum absolute atomic E-state index is 12.3. The summed E-state index contributed by atoms with van der Waals surface area (Å²) in [6.07, 6.45) is 3.32. The number of carbonyl (C=O) groups is 1. The van der Waals surface area contributed by atoms with Crippen LogP contribution in [0, 0.1) is 0 Å². The molecule has 0 N–H and O–H groups in total. The van der Waals surface area contributed by atoms with E-state index in [0.717, 1.165) is 17.0 Å². The molecule has 0 unspecified atom stereocenters. The van der Waals surface area contributed by atoms with E-state index in [9.17, 15) is 4.79 Å². The summed E-state index contributed by atoms with van der Waals surface area (Å²) in [6.45, 7) is 0.640. The maximum atomic E-state index is 12.3. The highest BCUT2D eigenvalue weighted by Crippen LogP contribution is 2.32. The SMILES string of the molecule is O=C(/C=C/c1ccc(OCc2cscn2)cc1)c1ccc2c(c1)OCO2. The molecule has 0 fully saturated rings. The van der Waals surface area contributed by atoms with Gasteiger partial charge in [0.15, 0.2) is 17.3 Å². The zero-order chi connectivity index (χ0) is 17.8. The smallest absolute Gasteiger partial charge is 0.231 e. The minimum absolute atomic E-state index is 0.0906. The van der Waals surface area contributed by atoms with Crippen LogP contribution in [-0.4, -0.2) is 17.6 Å². The number of benzene rings is 2. The summed E-state index contributed by atoms with van der Waals surface area (Å²) in [5.41, 5.74) is 4.17. The van der Waals surface area contributed by atoms with Crippen molar-refractivity contribution in [1.82, 2.24) is 4.98 Å². The van der Waals surface area contributed by atoms with Gasteiger partial charge in [-0.3, -0.25) is 4.79 Å². The number of hydrogen-bond donors (Lipinski definition) is 0. The molecule has 4 rings (SSSR count). The van der Waals surface area contributed by atoms with Gasteiger partial charge in [0, 0.05) is 10.9 Å². The Balaban J connectivity index is 1.38. The quantitative estimate of drug-likeness (QED) is 0.480. The highest BCUT2D eigenvalue weighted by molar-refractivity contribution is 7.07. The number of fused-ring (bicyclic) bond motifs is 1. The molecule has 0 atom stereocenters. The van der Waals surface area contributed by atoms with E-state index in [2.05, 4.69) is 4.98 Å². The van der Waals surface area contributed by atoms with E-state index in [-0.39, 0.29) is 12.6 Å². The van der Waals surface area contributed by atoms with Gasteiger partial charge in [0.05, 0.1) is 11.2 Å². The molecule has 3 aromatic rings. The largest absolute Gasteiger partial charge is 0.487 e. The number of rotatable bonds is 6. The van der Waals surface area contributed by atoms with Gasteiger partial charge in [-0.25, -0.2) is 4.98 Å². The summed E-state index contributed by atoms with van der Waals surface area (Å²) in [5.74, 6) is 1.94. The van der Waals surface area contributed by atoms with Gasteiger partial charge in [-0.2, -0.15) is 0 Å². The third kappa shape index (κ3) is 3.75. The summed E-state index contributed by atoms with van der Waals surface area (Å²) in [4.78, 5) is 16.5. The monoisotopic (exact) mass is 365 g/mol. The van der Waals surface area contributed by atoms with Gasteiger partial charge in [0.1, 0.15) is 12.4 Å². The molecule has 1 aromatic heterocycles. The topological polar surface area (TPSA) is 57.7 Å². The average Bonchev–Trinajstić information content (AvgIpc) is 3.36. The zero-order valence-corrected chi connectivity index (χ0v) is 14.6. The lowest BCUT2D eigenvalue weighted by molar-refractivity contribution is 0.104. The third-order valence-corrected chi connectivity index (χ3v) is 4.47. The van der Waals surface area contributed by atoms with Gasteiger partial charge in [0.2, 0.25) is 6.79 Å². The molecule has 0 spiro atoms. The van der Waals surface area contributed by atoms with Crippen LogP contribution in [0.15, 0.2) is 59.4 Å². The van der Waals surface area contributed by atoms with Gasteiger partial charge >= 0.3 is 0 Å². The van der Waals surface area contributed by atoms with E-state index in [1.807, 2.05) is 29.6 Å². The molecule has 5 nitrogen and oxygen atoms in total. The molecule has 0 saturated heterocycles. The Morgan fingerprint density at radius 1 is 1.15 bits per heavy atom. The van der Waals surface area contributed by atoms with Crippen molar-refractivity contribution in [2.45, 2.75) is 6.61 Å². The van der Waals surface area contributed by atoms with Crippen LogP contribution in [0.1, 0.15) is 21.6 Å². The second-order valence-corrected chi connectivity index (χ2v) is 6.32. The molecule has 1 aliphatic heterocycles. The lowest BCUT2D eigenvalue weighted by atomic mass is 10.1. The van der Waals surface area contributed by atoms with Crippen LogP contribution in [0.25, 0.3) is 6.08 Å². The molecule has 0 bridgehead atoms. The van der Waals surface area contributed by atoms with Crippen LogP contribution in [0.5, 0.6) is 17.2 Å². The first kappa shape index (κ1) is 16.4. The second kappa shape index (κ2) is 7.41. The zero-order valence-electron chi connectivity index (χ0n) is 13.8. The number of nitrogens with zero attached hydrogens (tertiary/aromatic N) is 1. The molecule has 0 aliphatic carbocycles. The second-order valence-electron chi connectivity index (χ2n) is 5.60. The Kier molecular flexibility index (Phi) is 4.66. The molecule has 0 amide bonds. The predicted octanol–water partition coefficient (Wildman–Crippen LogP) is 4.35. The summed E-state index contributed by atoms with van der Waals surface area (Å²) >= 11 is 1.54. The van der Waals surface area contributed by atoms with Crippen LogP contribution in [0.2, 0.25) is 0 Å². The molecule has 1 aliphatic rings. The number of carbonyl (C=O) groups excluding carboxylic acids is 1. The fourth-order valence-corrected chi connectivity index (χ4v) is 3.00. The fraction of sp³-hybridized carbons (Fsp3) is 0.100. The maximum Gasteiger partial charge on any atom is 0.231 e. The number of thiazole rings is 1. The van der Waals surface area contributed by atoms with E-state index >= 15 is 0 Å². The molecular formula is C20H15NO4S. The van der Waals surface area contributed by atoms with E-state index in [1.54, 1.807) is 47.2 Å². The molecule has 0 saturated carbocycles. The van der Waals surface area contributed by atoms with Gasteiger partial charge < -0.3 is 14.2 Å². The van der Waals surface area contributed by atoms with Crippen molar-refractivity contribution in [3.63, 3.8) is 0 Å². The Hall–Kier alpha value is -3.12. The summed E-state index contributed by atoms with van der Waals surface area (Å²) in [7, 11) is 0. The normalized spacial score (nSPS) is 12.5. The van der Waals surface area contributed by atoms with E-state index in [4.69, 9.17) is 14.2 Å². The van der Waals surface area contributed by atoms with Gasteiger partial charge in [-0.05, 0) is 42.0 Å². The van der Waals surface area contributed by atoms with Crippen LogP contribution >= 0.6 is 11.3 Å². The molecule has 26 heavy (non-hydrogen) atoms. The highest BCUT2D eigenvalue weighted by atomic mass is 32.1. The van der Waals surface area contributed by atoms with Gasteiger partial charge in [0.25, 0.3) is 0 Å². The first-order valence-electron chi connectivity index (χ1n) is 8.00. The lowest BCUT2D eigenvalue weighted by Gasteiger charge is -2.04. The predicted molar refractivity (Wildman–Crippen MR) is 98.8 cm³/mol. The minimum Gasteiger partial charge on any atom is -0.487 e. The molecular weight excluding hydrogens is 350 g/mol. The Morgan fingerprint density at radius 3 is 2.81 bits per heavy atom. The first-order chi connectivity index (χ1) is 12.8. The number of hydrogen-bond acceptors (Lipinski definition) is 6. The van der Waals surface area contributed by atoms with E-state index < -0.39 is 0 Å². The van der Waals surface area contributed by atoms with Gasteiger partial charge in [-0.15, -0.1) is 11.3 Å². The summed E-state index contributed by atoms with van der Waals surface area (Å²) in [5, 5.41) is 1.96. The third-order valence-electron chi connectivity index (χ3n) is 3.83. The van der Waals surface area contributed by atoms with Crippen LogP contribution in [-0.2, 0) is 6.61 Å². The number of aromatic nitrogens is 1. The Morgan fingerprint density at radius 2 is 2.00 bits per heavy atom. The minimum atomic E-state index is -0.0906. The highest BCUT2D eigenvalue weighted by Gasteiger charge is 2.15. The summed E-state index contributed by atoms with van der Waals surface area (Å²) < 4.78 is 16.2. The molecule has 2 heterocycles. The van der Waals surface area contributed by atoms with Crippen molar-refractivity contribution in [1.29, 1.82) is 0 Å². The van der Waals surface area contributed by atoms with Crippen molar-refractivity contribution in [3.05, 3.63) is 76.3 Å². The van der Waals surface area contributed by atoms with Crippen molar-refractivity contribution in [2.75, 3.05) is 6.79 Å². The number of ketones is 1.